The number of nitrogens with one attached hydrogen (secondary N) is 1. The average molecular weight is 581 g/mol. The van der Waals surface area contributed by atoms with Crippen molar-refractivity contribution in [2.45, 2.75) is 36.7 Å². The maximum atomic E-state index is 13.0. The topological polar surface area (TPSA) is 92.3 Å². The number of fused-ring (bicyclic) bond motifs is 1. The van der Waals surface area contributed by atoms with Crippen LogP contribution in [0.25, 0.3) is 22.2 Å². The molecule has 200 valence electrons. The molecule has 3 aromatic carbocycles. The molecule has 1 fully saturated rings. The quantitative estimate of drug-likeness (QED) is 0.214. The molecule has 0 aliphatic heterocycles. The van der Waals surface area contributed by atoms with Crippen molar-refractivity contribution >= 4 is 44.1 Å². The van der Waals surface area contributed by atoms with E-state index in [0.717, 1.165) is 18.4 Å². The van der Waals surface area contributed by atoms with Crippen LogP contribution in [0.4, 0.5) is 8.78 Å². The van der Waals surface area contributed by atoms with Crippen LogP contribution in [0.15, 0.2) is 59.5 Å². The summed E-state index contributed by atoms with van der Waals surface area (Å²) in [6.45, 7) is -3.16. The Labute approximate surface area is 228 Å². The number of aromatic nitrogens is 2. The van der Waals surface area contributed by atoms with Crippen molar-refractivity contribution in [2.75, 3.05) is 12.4 Å². The van der Waals surface area contributed by atoms with E-state index in [9.17, 15) is 22.3 Å². The van der Waals surface area contributed by atoms with Crippen molar-refractivity contribution < 1.29 is 27.0 Å². The third kappa shape index (κ3) is 5.52. The van der Waals surface area contributed by atoms with Gasteiger partial charge in [-0.2, -0.15) is 8.78 Å². The first-order valence-electron chi connectivity index (χ1n) is 12.0. The number of para-hydroxylation sites is 1. The highest BCUT2D eigenvalue weighted by atomic mass is 35.5. The standard InChI is InChI=1S/C27H24Cl2F2N2O4S/c28-20-13-21-25(24(29)23(20)19-3-1-2-4-22(19)37-27(30)31)33-26(32-21)18(11-12-34)16-7-9-17(10-8-16)38(35,36)14-15-5-6-15/h1-4,7-10,13,15,18,27,34H,5-6,11-12,14H2,(H,32,33). The lowest BCUT2D eigenvalue weighted by atomic mass is 9.95. The van der Waals surface area contributed by atoms with E-state index in [1.165, 1.54) is 6.07 Å². The second-order valence-corrected chi connectivity index (χ2v) is 12.1. The third-order valence-electron chi connectivity index (χ3n) is 6.61. The van der Waals surface area contributed by atoms with Crippen molar-refractivity contribution in [1.29, 1.82) is 0 Å². The fourth-order valence-electron chi connectivity index (χ4n) is 4.57. The van der Waals surface area contributed by atoms with Crippen molar-refractivity contribution in [1.82, 2.24) is 9.97 Å². The Morgan fingerprint density at radius 2 is 1.82 bits per heavy atom. The Bertz CT molecular complexity index is 1570. The highest BCUT2D eigenvalue weighted by Crippen LogP contribution is 2.44. The molecule has 6 nitrogen and oxygen atoms in total. The van der Waals surface area contributed by atoms with Gasteiger partial charge in [-0.05, 0) is 55.0 Å². The summed E-state index contributed by atoms with van der Waals surface area (Å²) in [6, 6.07) is 14.4. The van der Waals surface area contributed by atoms with Gasteiger partial charge in [0.05, 0.1) is 31.7 Å². The van der Waals surface area contributed by atoms with Gasteiger partial charge < -0.3 is 14.8 Å². The van der Waals surface area contributed by atoms with Crippen molar-refractivity contribution in [3.8, 4) is 16.9 Å². The summed E-state index contributed by atoms with van der Waals surface area (Å²) in [5.74, 6) is 0.437. The molecule has 4 aromatic rings. The number of H-pyrrole nitrogens is 1. The number of hydrogen-bond donors (Lipinski definition) is 2. The van der Waals surface area contributed by atoms with Crippen LogP contribution in [-0.4, -0.2) is 42.5 Å². The molecule has 38 heavy (non-hydrogen) atoms. The first-order valence-corrected chi connectivity index (χ1v) is 14.4. The Kier molecular flexibility index (Phi) is 7.64. The number of imidazole rings is 1. The first-order chi connectivity index (χ1) is 18.2. The van der Waals surface area contributed by atoms with Crippen molar-refractivity contribution in [3.05, 3.63) is 76.0 Å². The Morgan fingerprint density at radius 1 is 1.11 bits per heavy atom. The minimum atomic E-state index is -3.35. The highest BCUT2D eigenvalue weighted by molar-refractivity contribution is 7.91. The first kappa shape index (κ1) is 26.9. The molecule has 2 N–H and O–H groups in total. The van der Waals surface area contributed by atoms with Crippen LogP contribution in [0.1, 0.15) is 36.6 Å². The number of benzene rings is 3. The highest BCUT2D eigenvalue weighted by Gasteiger charge is 2.29. The summed E-state index contributed by atoms with van der Waals surface area (Å²) in [5.41, 5.74) is 2.28. The van der Waals surface area contributed by atoms with Crippen LogP contribution < -0.4 is 4.74 Å². The molecule has 1 unspecified atom stereocenters. The lowest BCUT2D eigenvalue weighted by Gasteiger charge is -2.15. The minimum Gasteiger partial charge on any atom is -0.434 e. The van der Waals surface area contributed by atoms with Gasteiger partial charge in [0.25, 0.3) is 0 Å². The second kappa shape index (κ2) is 10.8. The van der Waals surface area contributed by atoms with Gasteiger partial charge in [-0.25, -0.2) is 13.4 Å². The molecule has 1 aliphatic carbocycles. The Balaban J connectivity index is 1.53. The predicted molar refractivity (Wildman–Crippen MR) is 143 cm³/mol. The van der Waals surface area contributed by atoms with Gasteiger partial charge in [-0.3, -0.25) is 0 Å². The fraction of sp³-hybridized carbons (Fsp3) is 0.296. The zero-order valence-corrected chi connectivity index (χ0v) is 22.3. The smallest absolute Gasteiger partial charge is 0.387 e. The molecule has 0 bridgehead atoms. The SMILES string of the molecule is O=S(=O)(CC1CC1)c1ccc(C(CCO)c2nc3cc(Cl)c(-c4ccccc4OC(F)F)c(Cl)c3[nH]2)cc1. The van der Waals surface area contributed by atoms with E-state index in [1.807, 2.05) is 0 Å². The number of sulfone groups is 1. The molecule has 1 atom stereocenters. The molecule has 0 spiro atoms. The van der Waals surface area contributed by atoms with Gasteiger partial charge in [0.1, 0.15) is 11.6 Å². The molecule has 1 heterocycles. The van der Waals surface area contributed by atoms with Crippen LogP contribution in [0.5, 0.6) is 5.75 Å². The molecule has 11 heteroatoms. The van der Waals surface area contributed by atoms with Crippen molar-refractivity contribution in [3.63, 3.8) is 0 Å². The zero-order valence-electron chi connectivity index (χ0n) is 20.0. The van der Waals surface area contributed by atoms with E-state index in [0.29, 0.717) is 34.4 Å². The van der Waals surface area contributed by atoms with Crippen LogP contribution in [0.3, 0.4) is 0 Å². The number of hydrogen-bond acceptors (Lipinski definition) is 5. The number of aliphatic hydroxyl groups excluding tert-OH is 1. The zero-order chi connectivity index (χ0) is 27.0. The maximum absolute atomic E-state index is 13.0. The number of aliphatic hydroxyl groups is 1. The van der Waals surface area contributed by atoms with Gasteiger partial charge in [-0.1, -0.05) is 53.5 Å². The van der Waals surface area contributed by atoms with Crippen molar-refractivity contribution in [2.24, 2.45) is 5.92 Å². The van der Waals surface area contributed by atoms with E-state index in [4.69, 9.17) is 23.2 Å². The molecule has 0 saturated heterocycles. The van der Waals surface area contributed by atoms with E-state index in [-0.39, 0.29) is 44.9 Å². The van der Waals surface area contributed by atoms with Crippen LogP contribution in [-0.2, 0) is 9.84 Å². The molecular formula is C27H24Cl2F2N2O4S. The number of ether oxygens (including phenoxy) is 1. The minimum absolute atomic E-state index is 0.0692. The lowest BCUT2D eigenvalue weighted by Crippen LogP contribution is -2.10. The molecule has 1 aliphatic rings. The summed E-state index contributed by atoms with van der Waals surface area (Å²) in [7, 11) is -3.35. The van der Waals surface area contributed by atoms with Gasteiger partial charge in [0, 0.05) is 23.7 Å². The van der Waals surface area contributed by atoms with Gasteiger partial charge in [0.15, 0.2) is 9.84 Å². The van der Waals surface area contributed by atoms with E-state index < -0.39 is 16.4 Å². The number of aromatic amines is 1. The van der Waals surface area contributed by atoms with Crippen LogP contribution in [0, 0.1) is 5.92 Å². The molecule has 1 aromatic heterocycles. The Hall–Kier alpha value is -2.72. The number of alkyl halides is 2. The number of halogens is 4. The third-order valence-corrected chi connectivity index (χ3v) is 9.18. The Morgan fingerprint density at radius 3 is 2.47 bits per heavy atom. The molecule has 1 saturated carbocycles. The fourth-order valence-corrected chi connectivity index (χ4v) is 6.97. The van der Waals surface area contributed by atoms with Gasteiger partial charge in [0.2, 0.25) is 0 Å². The van der Waals surface area contributed by atoms with E-state index in [1.54, 1.807) is 48.5 Å². The largest absolute Gasteiger partial charge is 0.434 e. The van der Waals surface area contributed by atoms with Gasteiger partial charge >= 0.3 is 6.61 Å². The van der Waals surface area contributed by atoms with Crippen LogP contribution in [0.2, 0.25) is 10.0 Å². The second-order valence-electron chi connectivity index (χ2n) is 9.30. The molecular weight excluding hydrogens is 557 g/mol. The van der Waals surface area contributed by atoms with E-state index in [2.05, 4.69) is 14.7 Å². The normalized spacial score (nSPS) is 14.8. The molecule has 0 amide bonds. The summed E-state index contributed by atoms with van der Waals surface area (Å²) < 4.78 is 55.9. The lowest BCUT2D eigenvalue weighted by molar-refractivity contribution is -0.0494. The maximum Gasteiger partial charge on any atom is 0.387 e. The van der Waals surface area contributed by atoms with E-state index >= 15 is 0 Å². The number of rotatable bonds is 10. The summed E-state index contributed by atoms with van der Waals surface area (Å²) >= 11 is 13.3. The molecule has 5 rings (SSSR count). The monoisotopic (exact) mass is 580 g/mol. The molecule has 0 radical (unpaired) electrons. The summed E-state index contributed by atoms with van der Waals surface area (Å²) in [4.78, 5) is 8.12. The summed E-state index contributed by atoms with van der Waals surface area (Å²) in [5, 5.41) is 10.1. The summed E-state index contributed by atoms with van der Waals surface area (Å²) in [6.07, 6.45) is 2.21. The van der Waals surface area contributed by atoms with Gasteiger partial charge in [-0.15, -0.1) is 0 Å². The number of nitrogens with zero attached hydrogens (tertiary/aromatic N) is 1. The van der Waals surface area contributed by atoms with Crippen LogP contribution >= 0.6 is 23.2 Å². The average Bonchev–Trinajstić information content (AvgIpc) is 3.58. The predicted octanol–water partition coefficient (Wildman–Crippen LogP) is 6.84.